The van der Waals surface area contributed by atoms with Gasteiger partial charge in [-0.2, -0.15) is 0 Å². The summed E-state index contributed by atoms with van der Waals surface area (Å²) in [5.41, 5.74) is 0. The molecule has 3 aliphatic heterocycles. The Morgan fingerprint density at radius 1 is 1.09 bits per heavy atom. The molecule has 3 aliphatic rings. The fraction of sp³-hybridized carbons (Fsp3) is 1.00. The summed E-state index contributed by atoms with van der Waals surface area (Å²) in [6.07, 6.45) is -1.47. The predicted molar refractivity (Wildman–Crippen MR) is 81.8 cm³/mol. The topological polar surface area (TPSA) is 72.5 Å². The van der Waals surface area contributed by atoms with E-state index in [0.717, 1.165) is 6.42 Å². The van der Waals surface area contributed by atoms with Crippen molar-refractivity contribution in [3.05, 3.63) is 0 Å². The van der Waals surface area contributed by atoms with Gasteiger partial charge in [0.1, 0.15) is 24.4 Å². The standard InChI is InChI=1S/C15H26O7S/c1-6-7-23(16)22-11-10(9-8-17-14(2,3)19-9)18-13-12(11)20-15(4,5)21-13/h9-13H,6-8H2,1-5H3. The quantitative estimate of drug-likeness (QED) is 0.743. The number of rotatable bonds is 5. The molecule has 0 aromatic heterocycles. The molecular weight excluding hydrogens is 324 g/mol. The smallest absolute Gasteiger partial charge is 0.190 e. The number of fused-ring (bicyclic) bond motifs is 1. The van der Waals surface area contributed by atoms with Crippen molar-refractivity contribution in [3.63, 3.8) is 0 Å². The van der Waals surface area contributed by atoms with E-state index < -0.39 is 47.3 Å². The van der Waals surface area contributed by atoms with Gasteiger partial charge in [0, 0.05) is 5.75 Å². The van der Waals surface area contributed by atoms with Gasteiger partial charge in [0.2, 0.25) is 0 Å². The van der Waals surface area contributed by atoms with Gasteiger partial charge in [-0.05, 0) is 34.1 Å². The van der Waals surface area contributed by atoms with Crippen LogP contribution in [0.2, 0.25) is 0 Å². The molecule has 0 aromatic rings. The van der Waals surface area contributed by atoms with E-state index in [0.29, 0.717) is 12.4 Å². The van der Waals surface area contributed by atoms with Crippen LogP contribution in [0.4, 0.5) is 0 Å². The second kappa shape index (κ2) is 6.33. The van der Waals surface area contributed by atoms with Crippen molar-refractivity contribution in [2.45, 2.75) is 83.3 Å². The maximum absolute atomic E-state index is 12.1. The molecule has 3 rings (SSSR count). The minimum Gasteiger partial charge on any atom is -0.348 e. The molecule has 0 radical (unpaired) electrons. The molecule has 3 fully saturated rings. The largest absolute Gasteiger partial charge is 0.348 e. The number of ether oxygens (including phenoxy) is 5. The average Bonchev–Trinajstić information content (AvgIpc) is 3.01. The van der Waals surface area contributed by atoms with Crippen molar-refractivity contribution in [2.75, 3.05) is 12.4 Å². The lowest BCUT2D eigenvalue weighted by Crippen LogP contribution is -2.44. The first-order chi connectivity index (χ1) is 10.7. The SMILES string of the molecule is CCCS(=O)OC1C(C2COC(C)(C)O2)OC2OC(C)(C)OC21. The van der Waals surface area contributed by atoms with Crippen LogP contribution in [0.5, 0.6) is 0 Å². The molecule has 8 heteroatoms. The van der Waals surface area contributed by atoms with Crippen molar-refractivity contribution in [1.29, 1.82) is 0 Å². The number of hydrogen-bond donors (Lipinski definition) is 0. The van der Waals surface area contributed by atoms with Gasteiger partial charge in [-0.15, -0.1) is 0 Å². The monoisotopic (exact) mass is 350 g/mol. The van der Waals surface area contributed by atoms with Gasteiger partial charge >= 0.3 is 0 Å². The molecular formula is C15H26O7S. The van der Waals surface area contributed by atoms with Crippen LogP contribution >= 0.6 is 0 Å². The predicted octanol–water partition coefficient (Wildman–Crippen LogP) is 1.47. The minimum absolute atomic E-state index is 0.311. The molecule has 3 saturated heterocycles. The highest BCUT2D eigenvalue weighted by Gasteiger charge is 2.59. The van der Waals surface area contributed by atoms with Crippen LogP contribution < -0.4 is 0 Å². The van der Waals surface area contributed by atoms with Crippen LogP contribution in [0, 0.1) is 0 Å². The first-order valence-corrected chi connectivity index (χ1v) is 9.33. The first-order valence-electron chi connectivity index (χ1n) is 8.09. The third kappa shape index (κ3) is 3.78. The Morgan fingerprint density at radius 3 is 2.43 bits per heavy atom. The molecule has 134 valence electrons. The molecule has 0 aromatic carbocycles. The Balaban J connectivity index is 1.75. The van der Waals surface area contributed by atoms with Gasteiger partial charge < -0.3 is 23.7 Å². The first kappa shape index (κ1) is 17.7. The molecule has 0 bridgehead atoms. The highest BCUT2D eigenvalue weighted by Crippen LogP contribution is 2.42. The normalized spacial score (nSPS) is 42.7. The van der Waals surface area contributed by atoms with E-state index >= 15 is 0 Å². The summed E-state index contributed by atoms with van der Waals surface area (Å²) in [7, 11) is 0. The van der Waals surface area contributed by atoms with Crippen LogP contribution in [0.3, 0.4) is 0 Å². The van der Waals surface area contributed by atoms with Crippen molar-refractivity contribution >= 4 is 11.1 Å². The Labute approximate surface area is 139 Å². The van der Waals surface area contributed by atoms with Crippen LogP contribution in [0.25, 0.3) is 0 Å². The summed E-state index contributed by atoms with van der Waals surface area (Å²) >= 11 is -1.40. The van der Waals surface area contributed by atoms with E-state index in [1.807, 2.05) is 34.6 Å². The van der Waals surface area contributed by atoms with E-state index in [4.69, 9.17) is 27.9 Å². The zero-order valence-electron chi connectivity index (χ0n) is 14.3. The lowest BCUT2D eigenvalue weighted by Gasteiger charge is -2.28. The van der Waals surface area contributed by atoms with E-state index in [-0.39, 0.29) is 6.10 Å². The van der Waals surface area contributed by atoms with Crippen LogP contribution in [-0.2, 0) is 38.9 Å². The van der Waals surface area contributed by atoms with E-state index in [2.05, 4.69) is 0 Å². The van der Waals surface area contributed by atoms with Gasteiger partial charge in [-0.25, -0.2) is 4.21 Å². The Bertz CT molecular complexity index is 467. The molecule has 0 amide bonds. The average molecular weight is 350 g/mol. The van der Waals surface area contributed by atoms with Crippen LogP contribution in [0.15, 0.2) is 0 Å². The van der Waals surface area contributed by atoms with E-state index in [1.54, 1.807) is 0 Å². The third-order valence-electron chi connectivity index (χ3n) is 4.01. The molecule has 23 heavy (non-hydrogen) atoms. The lowest BCUT2D eigenvalue weighted by atomic mass is 10.1. The molecule has 0 spiro atoms. The van der Waals surface area contributed by atoms with Gasteiger partial charge in [0.25, 0.3) is 0 Å². The summed E-state index contributed by atoms with van der Waals surface area (Å²) in [5.74, 6) is -0.946. The summed E-state index contributed by atoms with van der Waals surface area (Å²) in [5, 5.41) is 0. The van der Waals surface area contributed by atoms with Crippen molar-refractivity contribution in [3.8, 4) is 0 Å². The fourth-order valence-electron chi connectivity index (χ4n) is 3.13. The molecule has 7 nitrogen and oxygen atoms in total. The second-order valence-corrected chi connectivity index (χ2v) is 8.21. The van der Waals surface area contributed by atoms with Gasteiger partial charge in [0.15, 0.2) is 28.9 Å². The van der Waals surface area contributed by atoms with Crippen molar-refractivity contribution in [1.82, 2.24) is 0 Å². The van der Waals surface area contributed by atoms with Gasteiger partial charge in [-0.3, -0.25) is 4.18 Å². The molecule has 0 saturated carbocycles. The van der Waals surface area contributed by atoms with Gasteiger partial charge in [0.05, 0.1) is 6.61 Å². The second-order valence-electron chi connectivity index (χ2n) is 7.01. The third-order valence-corrected chi connectivity index (χ3v) is 5.19. The van der Waals surface area contributed by atoms with Gasteiger partial charge in [-0.1, -0.05) is 6.92 Å². The Morgan fingerprint density at radius 2 is 1.83 bits per heavy atom. The van der Waals surface area contributed by atoms with E-state index in [9.17, 15) is 4.21 Å². The summed E-state index contributed by atoms with van der Waals surface area (Å²) in [6, 6.07) is 0. The molecule has 0 aliphatic carbocycles. The summed E-state index contributed by atoms with van der Waals surface area (Å²) in [4.78, 5) is 0. The molecule has 0 N–H and O–H groups in total. The molecule has 6 unspecified atom stereocenters. The highest BCUT2D eigenvalue weighted by atomic mass is 32.2. The van der Waals surface area contributed by atoms with Crippen molar-refractivity contribution in [2.24, 2.45) is 0 Å². The van der Waals surface area contributed by atoms with Crippen LogP contribution in [0.1, 0.15) is 41.0 Å². The minimum atomic E-state index is -1.40. The fourth-order valence-corrected chi connectivity index (χ4v) is 4.03. The Kier molecular flexibility index (Phi) is 4.88. The molecule has 3 heterocycles. The maximum Gasteiger partial charge on any atom is 0.190 e. The molecule has 6 atom stereocenters. The summed E-state index contributed by atoms with van der Waals surface area (Å²) in [6.45, 7) is 9.69. The Hall–Kier alpha value is -0.0900. The zero-order valence-corrected chi connectivity index (χ0v) is 15.1. The highest BCUT2D eigenvalue weighted by molar-refractivity contribution is 7.80. The van der Waals surface area contributed by atoms with E-state index in [1.165, 1.54) is 0 Å². The van der Waals surface area contributed by atoms with Crippen LogP contribution in [-0.4, -0.2) is 58.8 Å². The maximum atomic E-state index is 12.1. The lowest BCUT2D eigenvalue weighted by molar-refractivity contribution is -0.230. The van der Waals surface area contributed by atoms with Crippen molar-refractivity contribution < 1.29 is 32.1 Å². The summed E-state index contributed by atoms with van der Waals surface area (Å²) < 4.78 is 47.0. The zero-order chi connectivity index (χ0) is 16.8. The number of hydrogen-bond acceptors (Lipinski definition) is 7.